The molecule has 4 amide bonds. The number of nitrogens with zero attached hydrogens (tertiary/aromatic N) is 2. The molecule has 1 aromatic heterocycles. The third-order valence-corrected chi connectivity index (χ3v) is 4.04. The normalized spacial score (nSPS) is 22.0. The van der Waals surface area contributed by atoms with Crippen molar-refractivity contribution in [3.8, 4) is 0 Å². The smallest absolute Gasteiger partial charge is 0.331 e. The lowest BCUT2D eigenvalue weighted by molar-refractivity contribution is -0.883. The summed E-state index contributed by atoms with van der Waals surface area (Å²) >= 11 is 0. The Morgan fingerprint density at radius 2 is 2.04 bits per heavy atom. The maximum absolute atomic E-state index is 12.5. The maximum atomic E-state index is 12.5. The molecule has 122 valence electrons. The number of carbonyl (C=O) groups is 3. The summed E-state index contributed by atoms with van der Waals surface area (Å²) in [6.07, 6.45) is 3.03. The number of urea groups is 1. The molecule has 3 heterocycles. The van der Waals surface area contributed by atoms with Gasteiger partial charge in [-0.2, -0.15) is 0 Å². The summed E-state index contributed by atoms with van der Waals surface area (Å²) in [7, 11) is 2.10. The predicted molar refractivity (Wildman–Crippen MR) is 79.1 cm³/mol. The molecule has 0 aromatic carbocycles. The monoisotopic (exact) mass is 319 g/mol. The van der Waals surface area contributed by atoms with E-state index in [9.17, 15) is 14.4 Å². The molecule has 23 heavy (non-hydrogen) atoms. The van der Waals surface area contributed by atoms with Gasteiger partial charge in [0.25, 0.3) is 11.8 Å². The van der Waals surface area contributed by atoms with Crippen LogP contribution in [0, 0.1) is 0 Å². The SMILES string of the molecule is C[NH+]1CCN(/C=C2/C(=O)NC(=O)N(Cc3ccco3)C2=O)CC1. The first-order valence-corrected chi connectivity index (χ1v) is 7.51. The molecule has 8 nitrogen and oxygen atoms in total. The van der Waals surface area contributed by atoms with Crippen LogP contribution in [0.25, 0.3) is 0 Å². The van der Waals surface area contributed by atoms with Crippen LogP contribution < -0.4 is 10.2 Å². The molecule has 0 radical (unpaired) electrons. The maximum Gasteiger partial charge on any atom is 0.331 e. The summed E-state index contributed by atoms with van der Waals surface area (Å²) in [5.74, 6) is -0.770. The van der Waals surface area contributed by atoms with E-state index in [0.29, 0.717) is 5.76 Å². The molecule has 8 heteroatoms. The van der Waals surface area contributed by atoms with Crippen molar-refractivity contribution in [1.82, 2.24) is 15.1 Å². The Morgan fingerprint density at radius 3 is 2.70 bits per heavy atom. The number of nitrogens with one attached hydrogen (secondary N) is 2. The number of hydrogen-bond donors (Lipinski definition) is 2. The summed E-state index contributed by atoms with van der Waals surface area (Å²) in [5.41, 5.74) is -0.0179. The Balaban J connectivity index is 1.77. The van der Waals surface area contributed by atoms with Gasteiger partial charge in [0.1, 0.15) is 11.3 Å². The highest BCUT2D eigenvalue weighted by atomic mass is 16.3. The minimum Gasteiger partial charge on any atom is -0.467 e. The van der Waals surface area contributed by atoms with Gasteiger partial charge in [0.15, 0.2) is 0 Å². The second kappa shape index (κ2) is 6.25. The Labute approximate surface area is 133 Å². The van der Waals surface area contributed by atoms with Gasteiger partial charge in [-0.25, -0.2) is 4.79 Å². The highest BCUT2D eigenvalue weighted by Crippen LogP contribution is 2.15. The van der Waals surface area contributed by atoms with E-state index in [1.807, 2.05) is 4.90 Å². The zero-order valence-electron chi connectivity index (χ0n) is 12.9. The van der Waals surface area contributed by atoms with Gasteiger partial charge < -0.3 is 14.2 Å². The Bertz CT molecular complexity index is 644. The minimum absolute atomic E-state index is 0.00479. The van der Waals surface area contributed by atoms with E-state index in [1.54, 1.807) is 18.3 Å². The van der Waals surface area contributed by atoms with E-state index >= 15 is 0 Å². The highest BCUT2D eigenvalue weighted by molar-refractivity contribution is 6.28. The lowest BCUT2D eigenvalue weighted by atomic mass is 10.1. The van der Waals surface area contributed by atoms with Gasteiger partial charge in [-0.1, -0.05) is 0 Å². The van der Waals surface area contributed by atoms with Crippen LogP contribution in [-0.4, -0.2) is 60.9 Å². The van der Waals surface area contributed by atoms with E-state index in [2.05, 4.69) is 12.4 Å². The number of imide groups is 2. The third-order valence-electron chi connectivity index (χ3n) is 4.04. The van der Waals surface area contributed by atoms with Crippen molar-refractivity contribution in [2.45, 2.75) is 6.54 Å². The standard InChI is InChI=1S/C15H18N4O4/c1-17-4-6-18(7-5-17)10-12-13(20)16-15(22)19(14(12)21)9-11-3-2-8-23-11/h2-3,8,10H,4-7,9H2,1H3,(H,16,20,22)/p+1/b12-10-. The second-order valence-electron chi connectivity index (χ2n) is 5.77. The number of likely N-dealkylation sites (N-methyl/N-ethyl adjacent to an activating group) is 1. The highest BCUT2D eigenvalue weighted by Gasteiger charge is 2.36. The first-order valence-electron chi connectivity index (χ1n) is 7.51. The van der Waals surface area contributed by atoms with Gasteiger partial charge >= 0.3 is 6.03 Å². The molecular weight excluding hydrogens is 300 g/mol. The molecule has 0 atom stereocenters. The molecule has 0 bridgehead atoms. The molecule has 0 spiro atoms. The second-order valence-corrected chi connectivity index (χ2v) is 5.77. The van der Waals surface area contributed by atoms with Crippen molar-refractivity contribution < 1.29 is 23.7 Å². The molecule has 2 aliphatic heterocycles. The molecule has 2 N–H and O–H groups in total. The van der Waals surface area contributed by atoms with Crippen LogP contribution in [-0.2, 0) is 16.1 Å². The summed E-state index contributed by atoms with van der Waals surface area (Å²) in [6, 6.07) is 2.62. The summed E-state index contributed by atoms with van der Waals surface area (Å²) in [5, 5.41) is 2.21. The van der Waals surface area contributed by atoms with Crippen molar-refractivity contribution in [3.63, 3.8) is 0 Å². The van der Waals surface area contributed by atoms with Crippen molar-refractivity contribution in [3.05, 3.63) is 35.9 Å². The number of hydrogen-bond acceptors (Lipinski definition) is 5. The summed E-state index contributed by atoms with van der Waals surface area (Å²) in [6.45, 7) is 3.41. The van der Waals surface area contributed by atoms with Gasteiger partial charge in [0, 0.05) is 6.20 Å². The van der Waals surface area contributed by atoms with Crippen molar-refractivity contribution >= 4 is 17.8 Å². The van der Waals surface area contributed by atoms with Crippen molar-refractivity contribution in [2.24, 2.45) is 0 Å². The van der Waals surface area contributed by atoms with Gasteiger partial charge in [-0.15, -0.1) is 0 Å². The molecule has 2 saturated heterocycles. The van der Waals surface area contributed by atoms with Gasteiger partial charge in [-0.3, -0.25) is 19.8 Å². The van der Waals surface area contributed by atoms with E-state index in [1.165, 1.54) is 11.2 Å². The fourth-order valence-corrected chi connectivity index (χ4v) is 2.60. The average molecular weight is 319 g/mol. The van der Waals surface area contributed by atoms with E-state index < -0.39 is 17.8 Å². The van der Waals surface area contributed by atoms with Crippen molar-refractivity contribution in [2.75, 3.05) is 33.2 Å². The number of quaternary nitrogens is 1. The zero-order valence-corrected chi connectivity index (χ0v) is 12.9. The Morgan fingerprint density at radius 1 is 1.30 bits per heavy atom. The first kappa shape index (κ1) is 15.3. The molecule has 1 aromatic rings. The Kier molecular flexibility index (Phi) is 4.16. The van der Waals surface area contributed by atoms with E-state index in [4.69, 9.17) is 4.42 Å². The van der Waals surface area contributed by atoms with Crippen LogP contribution >= 0.6 is 0 Å². The molecular formula is C15H19N4O4+. The minimum atomic E-state index is -0.726. The number of piperazine rings is 1. The van der Waals surface area contributed by atoms with Crippen molar-refractivity contribution in [1.29, 1.82) is 0 Å². The molecule has 2 fully saturated rings. The molecule has 0 saturated carbocycles. The molecule has 2 aliphatic rings. The predicted octanol–water partition coefficient (Wildman–Crippen LogP) is -1.43. The third kappa shape index (κ3) is 3.26. The first-order chi connectivity index (χ1) is 11.0. The fraction of sp³-hybridized carbons (Fsp3) is 0.400. The number of carbonyl (C=O) groups excluding carboxylic acids is 3. The zero-order chi connectivity index (χ0) is 16.4. The van der Waals surface area contributed by atoms with Gasteiger partial charge in [0.2, 0.25) is 0 Å². The lowest BCUT2D eigenvalue weighted by Crippen LogP contribution is -3.11. The van der Waals surface area contributed by atoms with Crippen LogP contribution in [0.4, 0.5) is 4.79 Å². The Hall–Kier alpha value is -2.61. The van der Waals surface area contributed by atoms with Crippen LogP contribution in [0.5, 0.6) is 0 Å². The van der Waals surface area contributed by atoms with E-state index in [-0.39, 0.29) is 12.1 Å². The molecule has 3 rings (SSSR count). The number of barbiturate groups is 1. The fourth-order valence-electron chi connectivity index (χ4n) is 2.60. The number of rotatable bonds is 3. The van der Waals surface area contributed by atoms with Crippen LogP contribution in [0.3, 0.4) is 0 Å². The van der Waals surface area contributed by atoms with Crippen LogP contribution in [0.15, 0.2) is 34.6 Å². The molecule has 0 unspecified atom stereocenters. The molecule has 0 aliphatic carbocycles. The van der Waals surface area contributed by atoms with Gasteiger partial charge in [-0.05, 0) is 12.1 Å². The number of furan rings is 1. The topological polar surface area (TPSA) is 87.3 Å². The van der Waals surface area contributed by atoms with Gasteiger partial charge in [0.05, 0.1) is 46.0 Å². The van der Waals surface area contributed by atoms with Crippen LogP contribution in [0.1, 0.15) is 5.76 Å². The summed E-state index contributed by atoms with van der Waals surface area (Å²) < 4.78 is 5.17. The van der Waals surface area contributed by atoms with Crippen LogP contribution in [0.2, 0.25) is 0 Å². The quantitative estimate of drug-likeness (QED) is 0.527. The summed E-state index contributed by atoms with van der Waals surface area (Å²) in [4.78, 5) is 40.8. The largest absolute Gasteiger partial charge is 0.467 e. The number of amides is 4. The lowest BCUT2D eigenvalue weighted by Gasteiger charge is -2.31. The van der Waals surface area contributed by atoms with E-state index in [0.717, 1.165) is 31.1 Å². The average Bonchev–Trinajstić information content (AvgIpc) is 3.03.